The maximum Gasteiger partial charge on any atom is 0.224 e. The van der Waals surface area contributed by atoms with E-state index in [0.717, 1.165) is 17.8 Å². The van der Waals surface area contributed by atoms with Gasteiger partial charge in [-0.2, -0.15) is 0 Å². The van der Waals surface area contributed by atoms with Crippen molar-refractivity contribution >= 4 is 11.6 Å². The SMILES string of the molecule is CC(C)(C)c1ccc(NC(=O)CCc2ncc(-c3ccc(F)cc3F)o2)cc1. The summed E-state index contributed by atoms with van der Waals surface area (Å²) in [5.41, 5.74) is 2.09. The van der Waals surface area contributed by atoms with Gasteiger partial charge in [-0.3, -0.25) is 4.79 Å². The van der Waals surface area contributed by atoms with E-state index in [1.807, 2.05) is 24.3 Å². The van der Waals surface area contributed by atoms with E-state index >= 15 is 0 Å². The number of rotatable bonds is 5. The van der Waals surface area contributed by atoms with Gasteiger partial charge in [0.05, 0.1) is 11.8 Å². The molecule has 6 heteroatoms. The Hall–Kier alpha value is -3.02. The lowest BCUT2D eigenvalue weighted by atomic mass is 9.87. The van der Waals surface area contributed by atoms with Crippen LogP contribution in [0.5, 0.6) is 0 Å². The van der Waals surface area contributed by atoms with E-state index in [2.05, 4.69) is 31.1 Å². The van der Waals surface area contributed by atoms with Gasteiger partial charge in [0.2, 0.25) is 5.91 Å². The van der Waals surface area contributed by atoms with Crippen LogP contribution in [0.2, 0.25) is 0 Å². The van der Waals surface area contributed by atoms with Crippen LogP contribution in [-0.4, -0.2) is 10.9 Å². The average Bonchev–Trinajstić information content (AvgIpc) is 3.08. The molecule has 0 radical (unpaired) electrons. The van der Waals surface area contributed by atoms with Crippen LogP contribution < -0.4 is 5.32 Å². The molecule has 0 saturated carbocycles. The first-order valence-electron chi connectivity index (χ1n) is 9.03. The van der Waals surface area contributed by atoms with Crippen LogP contribution in [0, 0.1) is 11.6 Å². The highest BCUT2D eigenvalue weighted by atomic mass is 19.1. The van der Waals surface area contributed by atoms with E-state index in [4.69, 9.17) is 4.42 Å². The fourth-order valence-electron chi connectivity index (χ4n) is 2.74. The van der Waals surface area contributed by atoms with E-state index in [1.54, 1.807) is 0 Å². The molecule has 0 saturated heterocycles. The van der Waals surface area contributed by atoms with Gasteiger partial charge in [-0.1, -0.05) is 32.9 Å². The second-order valence-electron chi connectivity index (χ2n) is 7.62. The van der Waals surface area contributed by atoms with Gasteiger partial charge in [0.1, 0.15) is 11.6 Å². The Morgan fingerprint density at radius 2 is 1.82 bits per heavy atom. The van der Waals surface area contributed by atoms with E-state index < -0.39 is 11.6 Å². The van der Waals surface area contributed by atoms with Crippen molar-refractivity contribution in [2.75, 3.05) is 5.32 Å². The first kappa shape index (κ1) is 19.7. The summed E-state index contributed by atoms with van der Waals surface area (Å²) in [5, 5.41) is 2.83. The van der Waals surface area contributed by atoms with Crippen LogP contribution >= 0.6 is 0 Å². The number of carbonyl (C=O) groups excluding carboxylic acids is 1. The molecule has 1 heterocycles. The van der Waals surface area contributed by atoms with Crippen LogP contribution in [0.15, 0.2) is 53.1 Å². The third kappa shape index (κ3) is 4.82. The second-order valence-corrected chi connectivity index (χ2v) is 7.62. The third-order valence-electron chi connectivity index (χ3n) is 4.35. The normalized spacial score (nSPS) is 11.5. The highest BCUT2D eigenvalue weighted by molar-refractivity contribution is 5.90. The molecule has 4 nitrogen and oxygen atoms in total. The average molecular weight is 384 g/mol. The lowest BCUT2D eigenvalue weighted by molar-refractivity contribution is -0.116. The highest BCUT2D eigenvalue weighted by Crippen LogP contribution is 2.25. The summed E-state index contributed by atoms with van der Waals surface area (Å²) in [5.74, 6) is -1.04. The van der Waals surface area contributed by atoms with Gasteiger partial charge in [0.15, 0.2) is 11.7 Å². The zero-order chi connectivity index (χ0) is 20.3. The largest absolute Gasteiger partial charge is 0.441 e. The van der Waals surface area contributed by atoms with Gasteiger partial charge in [0, 0.05) is 24.6 Å². The molecule has 146 valence electrons. The minimum Gasteiger partial charge on any atom is -0.441 e. The van der Waals surface area contributed by atoms with Gasteiger partial charge in [0.25, 0.3) is 0 Å². The van der Waals surface area contributed by atoms with E-state index in [9.17, 15) is 13.6 Å². The molecule has 0 fully saturated rings. The molecule has 0 aliphatic rings. The summed E-state index contributed by atoms with van der Waals surface area (Å²) >= 11 is 0. The molecule has 1 amide bonds. The fraction of sp³-hybridized carbons (Fsp3) is 0.273. The Balaban J connectivity index is 1.57. The summed E-state index contributed by atoms with van der Waals surface area (Å²) in [6.45, 7) is 6.38. The monoisotopic (exact) mass is 384 g/mol. The number of hydrogen-bond acceptors (Lipinski definition) is 3. The maximum absolute atomic E-state index is 13.8. The quantitative estimate of drug-likeness (QED) is 0.633. The van der Waals surface area contributed by atoms with Crippen molar-refractivity contribution < 1.29 is 18.0 Å². The number of aromatic nitrogens is 1. The van der Waals surface area contributed by atoms with Gasteiger partial charge in [-0.05, 0) is 35.2 Å². The molecule has 0 aliphatic heterocycles. The van der Waals surface area contributed by atoms with Gasteiger partial charge < -0.3 is 9.73 Å². The van der Waals surface area contributed by atoms with Crippen LogP contribution in [0.1, 0.15) is 38.6 Å². The molecule has 1 N–H and O–H groups in total. The Labute approximate surface area is 162 Å². The summed E-state index contributed by atoms with van der Waals surface area (Å²) in [6, 6.07) is 11.0. The van der Waals surface area contributed by atoms with E-state index in [-0.39, 0.29) is 35.5 Å². The van der Waals surface area contributed by atoms with Crippen LogP contribution in [-0.2, 0) is 16.6 Å². The molecular formula is C22H22F2N2O2. The highest BCUT2D eigenvalue weighted by Gasteiger charge is 2.14. The Bertz CT molecular complexity index is 973. The minimum absolute atomic E-state index is 0.0508. The summed E-state index contributed by atoms with van der Waals surface area (Å²) in [7, 11) is 0. The number of halogens is 2. The van der Waals surface area contributed by atoms with Crippen LogP contribution in [0.3, 0.4) is 0 Å². The number of hydrogen-bond donors (Lipinski definition) is 1. The number of anilines is 1. The van der Waals surface area contributed by atoms with Gasteiger partial charge >= 0.3 is 0 Å². The third-order valence-corrected chi connectivity index (χ3v) is 4.35. The van der Waals surface area contributed by atoms with Crippen molar-refractivity contribution in [1.29, 1.82) is 0 Å². The molecule has 0 aliphatic carbocycles. The lowest BCUT2D eigenvalue weighted by Gasteiger charge is -2.19. The first-order valence-corrected chi connectivity index (χ1v) is 9.03. The molecule has 0 unspecified atom stereocenters. The summed E-state index contributed by atoms with van der Waals surface area (Å²) in [4.78, 5) is 16.2. The molecule has 0 spiro atoms. The fourth-order valence-corrected chi connectivity index (χ4v) is 2.74. The zero-order valence-electron chi connectivity index (χ0n) is 16.1. The number of nitrogens with one attached hydrogen (secondary N) is 1. The summed E-state index contributed by atoms with van der Waals surface area (Å²) in [6.07, 6.45) is 1.82. The number of benzene rings is 2. The van der Waals surface area contributed by atoms with Crippen molar-refractivity contribution in [3.05, 3.63) is 71.8 Å². The van der Waals surface area contributed by atoms with E-state index in [1.165, 1.54) is 17.8 Å². The van der Waals surface area contributed by atoms with Crippen molar-refractivity contribution in [2.45, 2.75) is 39.0 Å². The standard InChI is InChI=1S/C22H22F2N2O2/c1-22(2,3)14-4-7-16(8-5-14)26-20(27)10-11-21-25-13-19(28-21)17-9-6-15(23)12-18(17)24/h4-9,12-13H,10-11H2,1-3H3,(H,26,27). The van der Waals surface area contributed by atoms with Crippen molar-refractivity contribution in [1.82, 2.24) is 4.98 Å². The molecule has 0 bridgehead atoms. The first-order chi connectivity index (χ1) is 13.2. The maximum atomic E-state index is 13.8. The Morgan fingerprint density at radius 1 is 1.11 bits per heavy atom. The van der Waals surface area contributed by atoms with Crippen LogP contribution in [0.4, 0.5) is 14.5 Å². The van der Waals surface area contributed by atoms with Crippen LogP contribution in [0.25, 0.3) is 11.3 Å². The van der Waals surface area contributed by atoms with Gasteiger partial charge in [-0.25, -0.2) is 13.8 Å². The minimum atomic E-state index is -0.723. The Morgan fingerprint density at radius 3 is 2.46 bits per heavy atom. The molecular weight excluding hydrogens is 362 g/mol. The molecule has 28 heavy (non-hydrogen) atoms. The molecule has 3 aromatic rings. The lowest BCUT2D eigenvalue weighted by Crippen LogP contribution is -2.14. The van der Waals surface area contributed by atoms with Crippen molar-refractivity contribution in [3.8, 4) is 11.3 Å². The second kappa shape index (κ2) is 7.92. The number of amides is 1. The topological polar surface area (TPSA) is 55.1 Å². The Kier molecular flexibility index (Phi) is 5.58. The van der Waals surface area contributed by atoms with E-state index in [0.29, 0.717) is 5.89 Å². The van der Waals surface area contributed by atoms with Crippen molar-refractivity contribution in [3.63, 3.8) is 0 Å². The molecule has 0 atom stereocenters. The molecule has 1 aromatic heterocycles. The number of aryl methyl sites for hydroxylation is 1. The number of carbonyl (C=O) groups is 1. The smallest absolute Gasteiger partial charge is 0.224 e. The zero-order valence-corrected chi connectivity index (χ0v) is 16.1. The number of oxazole rings is 1. The van der Waals surface area contributed by atoms with Gasteiger partial charge in [-0.15, -0.1) is 0 Å². The molecule has 3 rings (SSSR count). The van der Waals surface area contributed by atoms with Crippen molar-refractivity contribution in [2.24, 2.45) is 0 Å². The molecule has 2 aromatic carbocycles. The predicted molar refractivity (Wildman–Crippen MR) is 104 cm³/mol. The predicted octanol–water partition coefficient (Wildman–Crippen LogP) is 5.49. The summed E-state index contributed by atoms with van der Waals surface area (Å²) < 4.78 is 32.3. The number of nitrogens with zero attached hydrogens (tertiary/aromatic N) is 1.